The summed E-state index contributed by atoms with van der Waals surface area (Å²) < 4.78 is 30.0. The van der Waals surface area contributed by atoms with Gasteiger partial charge in [-0.25, -0.2) is 0 Å². The van der Waals surface area contributed by atoms with Crippen LogP contribution in [0.1, 0.15) is 188 Å². The smallest absolute Gasteiger partial charge is 0.307 e. The largest absolute Gasteiger partial charge is 0.463 e. The highest BCUT2D eigenvalue weighted by Gasteiger charge is 2.25. The van der Waals surface area contributed by atoms with Gasteiger partial charge < -0.3 is 43.3 Å². The number of hydrogen-bond acceptors (Lipinski definition) is 13. The van der Waals surface area contributed by atoms with Crippen molar-refractivity contribution in [2.45, 2.75) is 200 Å². The lowest BCUT2D eigenvalue weighted by molar-refractivity contribution is -0.170. The molecular weight excluding hydrogens is 897 g/mol. The van der Waals surface area contributed by atoms with Crippen molar-refractivity contribution >= 4 is 23.9 Å². The Kier molecular flexibility index (Phi) is 40.6. The van der Waals surface area contributed by atoms with Crippen LogP contribution in [-0.2, 0) is 42.9 Å². The van der Waals surface area contributed by atoms with E-state index < -0.39 is 12.2 Å². The van der Waals surface area contributed by atoms with Crippen molar-refractivity contribution in [1.82, 2.24) is 19.6 Å². The van der Waals surface area contributed by atoms with Crippen LogP contribution in [0.15, 0.2) is 0 Å². The Morgan fingerprint density at radius 1 is 0.268 bits per heavy atom. The molecule has 0 saturated heterocycles. The summed E-state index contributed by atoms with van der Waals surface area (Å²) >= 11 is 0. The summed E-state index contributed by atoms with van der Waals surface area (Å²) in [5, 5.41) is 0. The van der Waals surface area contributed by atoms with E-state index >= 15 is 0 Å². The van der Waals surface area contributed by atoms with E-state index in [-0.39, 0.29) is 76.0 Å². The second-order valence-electron chi connectivity index (χ2n) is 23.9. The van der Waals surface area contributed by atoms with E-state index in [1.165, 1.54) is 0 Å². The van der Waals surface area contributed by atoms with E-state index in [0.29, 0.717) is 73.5 Å². The Hall–Kier alpha value is -2.32. The molecule has 0 amide bonds. The van der Waals surface area contributed by atoms with Crippen LogP contribution in [0.4, 0.5) is 0 Å². The number of ether oxygens (including phenoxy) is 5. The molecule has 0 aromatic rings. The minimum atomic E-state index is -0.897. The number of rotatable bonds is 46. The summed E-state index contributed by atoms with van der Waals surface area (Å²) in [6, 6.07) is 0. The van der Waals surface area contributed by atoms with E-state index in [1.807, 2.05) is 0 Å². The highest BCUT2D eigenvalue weighted by atomic mass is 16.6. The van der Waals surface area contributed by atoms with Gasteiger partial charge >= 0.3 is 23.9 Å². The van der Waals surface area contributed by atoms with Crippen LogP contribution in [0.3, 0.4) is 0 Å². The van der Waals surface area contributed by atoms with Crippen molar-refractivity contribution in [2.75, 3.05) is 105 Å². The summed E-state index contributed by atoms with van der Waals surface area (Å²) in [5.41, 5.74) is 0. The van der Waals surface area contributed by atoms with Gasteiger partial charge in [0.2, 0.25) is 0 Å². The molecule has 0 N–H and O–H groups in total. The van der Waals surface area contributed by atoms with E-state index in [0.717, 1.165) is 104 Å². The highest BCUT2D eigenvalue weighted by molar-refractivity contribution is 5.71. The molecule has 13 heteroatoms. The number of nitrogens with zero attached hydrogens (tertiary/aromatic N) is 4. The third-order valence-electron chi connectivity index (χ3n) is 12.8. The summed E-state index contributed by atoms with van der Waals surface area (Å²) in [4.78, 5) is 63.0. The van der Waals surface area contributed by atoms with Gasteiger partial charge in [-0.05, 0) is 151 Å². The fraction of sp³-hybridized carbons (Fsp3) is 0.931. The normalized spacial score (nSPS) is 12.5. The van der Waals surface area contributed by atoms with Crippen molar-refractivity contribution in [3.63, 3.8) is 0 Å². The lowest BCUT2D eigenvalue weighted by Gasteiger charge is -2.27. The van der Waals surface area contributed by atoms with Gasteiger partial charge in [-0.3, -0.25) is 19.2 Å². The molecule has 0 aliphatic carbocycles. The molecule has 0 spiro atoms. The third-order valence-corrected chi connectivity index (χ3v) is 12.8. The van der Waals surface area contributed by atoms with Crippen LogP contribution < -0.4 is 0 Å². The van der Waals surface area contributed by atoms with Gasteiger partial charge in [-0.15, -0.1) is 0 Å². The van der Waals surface area contributed by atoms with Gasteiger partial charge in [0.05, 0.1) is 25.7 Å². The van der Waals surface area contributed by atoms with Crippen LogP contribution in [0.5, 0.6) is 0 Å². The van der Waals surface area contributed by atoms with Crippen LogP contribution in [0.25, 0.3) is 0 Å². The molecule has 71 heavy (non-hydrogen) atoms. The molecule has 0 aliphatic rings. The summed E-state index contributed by atoms with van der Waals surface area (Å²) in [6.07, 6.45) is 7.39. The molecule has 0 radical (unpaired) electrons. The molecule has 0 aromatic heterocycles. The molecular formula is C58H114N4O9. The van der Waals surface area contributed by atoms with Crippen molar-refractivity contribution in [3.8, 4) is 0 Å². The molecule has 420 valence electrons. The first-order chi connectivity index (χ1) is 33.4. The van der Waals surface area contributed by atoms with Crippen molar-refractivity contribution in [2.24, 2.45) is 47.3 Å². The zero-order valence-corrected chi connectivity index (χ0v) is 49.0. The van der Waals surface area contributed by atoms with Crippen molar-refractivity contribution < 1.29 is 42.9 Å². The minimum Gasteiger partial charge on any atom is -0.463 e. The van der Waals surface area contributed by atoms with E-state index in [1.54, 1.807) is 0 Å². The summed E-state index contributed by atoms with van der Waals surface area (Å²) in [7, 11) is 0. The van der Waals surface area contributed by atoms with Gasteiger partial charge in [0.1, 0.15) is 38.6 Å². The quantitative estimate of drug-likeness (QED) is 0.0424. The first-order valence-electron chi connectivity index (χ1n) is 28.6. The summed E-state index contributed by atoms with van der Waals surface area (Å²) in [6.45, 7) is 44.2. The number of esters is 4. The second-order valence-corrected chi connectivity index (χ2v) is 23.9. The Morgan fingerprint density at radius 2 is 0.423 bits per heavy atom. The highest BCUT2D eigenvalue weighted by Crippen LogP contribution is 2.14. The Labute approximate surface area is 437 Å². The fourth-order valence-corrected chi connectivity index (χ4v) is 7.42. The lowest BCUT2D eigenvalue weighted by atomic mass is 10.1. The average Bonchev–Trinajstić information content (AvgIpc) is 3.28. The van der Waals surface area contributed by atoms with Crippen LogP contribution in [0.2, 0.25) is 0 Å². The molecule has 0 atom stereocenters. The lowest BCUT2D eigenvalue weighted by Crippen LogP contribution is -2.38. The monoisotopic (exact) mass is 1010 g/mol. The minimum absolute atomic E-state index is 0.182. The maximum Gasteiger partial charge on any atom is 0.307 e. The number of carbonyl (C=O) groups is 4. The molecule has 13 nitrogen and oxygen atoms in total. The zero-order chi connectivity index (χ0) is 53.7. The topological polar surface area (TPSA) is 127 Å². The molecule has 0 bridgehead atoms. The molecule has 0 aromatic carbocycles. The van der Waals surface area contributed by atoms with Gasteiger partial charge in [0.15, 0.2) is 0 Å². The fourth-order valence-electron chi connectivity index (χ4n) is 7.42. The second kappa shape index (κ2) is 42.0. The van der Waals surface area contributed by atoms with Crippen LogP contribution in [-0.4, -0.2) is 161 Å². The Bertz CT molecular complexity index is 1100. The number of hydrogen-bond donors (Lipinski definition) is 0. The molecule has 0 saturated carbocycles. The van der Waals surface area contributed by atoms with Gasteiger partial charge in [0.25, 0.3) is 0 Å². The summed E-state index contributed by atoms with van der Waals surface area (Å²) in [5.74, 6) is 2.93. The van der Waals surface area contributed by atoms with E-state index in [2.05, 4.69) is 130 Å². The van der Waals surface area contributed by atoms with Gasteiger partial charge in [-0.2, -0.15) is 0 Å². The molecule has 0 fully saturated rings. The van der Waals surface area contributed by atoms with E-state index in [9.17, 15) is 19.2 Å². The van der Waals surface area contributed by atoms with Crippen LogP contribution >= 0.6 is 0 Å². The molecule has 0 unspecified atom stereocenters. The first kappa shape index (κ1) is 68.7. The predicted octanol–water partition coefficient (Wildman–Crippen LogP) is 11.1. The molecule has 0 heterocycles. The number of carbonyl (C=O) groups excluding carboxylic acids is 4. The standard InChI is InChI=1S/C58H114N4O9/c1-45(2)17-29-59(30-18-46(3)4)37-25-55(63)67-41-53(42-68-56(64)26-38-60(31-19-47(5)6)32-20-48(7)8)71-54(43-69-57(65)27-39-61(33-21-49(9)10)34-22-50(11)12)44-70-58(66)28-40-62(35-23-51(13)14)36-24-52(15)16/h45-54H,17-44H2,1-16H3. The predicted molar refractivity (Wildman–Crippen MR) is 292 cm³/mol. The van der Waals surface area contributed by atoms with Crippen molar-refractivity contribution in [1.29, 1.82) is 0 Å². The van der Waals surface area contributed by atoms with E-state index in [4.69, 9.17) is 23.7 Å². The third kappa shape index (κ3) is 43.8. The van der Waals surface area contributed by atoms with Crippen LogP contribution in [0, 0.1) is 47.3 Å². The zero-order valence-electron chi connectivity index (χ0n) is 49.0. The van der Waals surface area contributed by atoms with Crippen molar-refractivity contribution in [3.05, 3.63) is 0 Å². The van der Waals surface area contributed by atoms with Gasteiger partial charge in [-0.1, -0.05) is 111 Å². The SMILES string of the molecule is CC(C)CCN(CCC(=O)OCC(COC(=O)CCN(CCC(C)C)CCC(C)C)OC(COC(=O)CCN(CCC(C)C)CCC(C)C)COC(=O)CCN(CCC(C)C)CCC(C)C)CCC(C)C. The molecule has 0 rings (SSSR count). The first-order valence-corrected chi connectivity index (χ1v) is 28.6. The average molecular weight is 1010 g/mol. The van der Waals surface area contributed by atoms with Gasteiger partial charge in [0, 0.05) is 26.2 Å². The Balaban J connectivity index is 6.40. The maximum atomic E-state index is 13.4. The Morgan fingerprint density at radius 3 is 0.563 bits per heavy atom. The maximum absolute atomic E-state index is 13.4. The molecule has 0 aliphatic heterocycles.